The highest BCUT2D eigenvalue weighted by Crippen LogP contribution is 2.18. The molecule has 108 valence electrons. The maximum atomic E-state index is 3.54. The smallest absolute Gasteiger partial charge is 0.00901 e. The Morgan fingerprint density at radius 3 is 2.44 bits per heavy atom. The molecule has 0 spiro atoms. The first kappa shape index (κ1) is 16.0. The molecule has 2 nitrogen and oxygen atoms in total. The van der Waals surface area contributed by atoms with Gasteiger partial charge in [0.1, 0.15) is 0 Å². The highest BCUT2D eigenvalue weighted by molar-refractivity contribution is 4.75. The van der Waals surface area contributed by atoms with Crippen LogP contribution in [-0.4, -0.2) is 37.1 Å². The van der Waals surface area contributed by atoms with Crippen molar-refractivity contribution < 1.29 is 0 Å². The molecule has 0 aromatic rings. The Morgan fingerprint density at radius 2 is 1.94 bits per heavy atom. The molecule has 1 atom stereocenters. The molecule has 0 saturated carbocycles. The normalized spacial score (nSPS) is 21.2. The Morgan fingerprint density at radius 1 is 1.22 bits per heavy atom. The molecule has 18 heavy (non-hydrogen) atoms. The van der Waals surface area contributed by atoms with Crippen molar-refractivity contribution in [3.63, 3.8) is 0 Å². The van der Waals surface area contributed by atoms with Crippen molar-refractivity contribution in [3.05, 3.63) is 0 Å². The Balaban J connectivity index is 2.38. The van der Waals surface area contributed by atoms with Crippen molar-refractivity contribution >= 4 is 0 Å². The van der Waals surface area contributed by atoms with Crippen LogP contribution in [0.1, 0.15) is 59.8 Å². The first-order chi connectivity index (χ1) is 8.67. The van der Waals surface area contributed by atoms with Gasteiger partial charge in [0.15, 0.2) is 0 Å². The molecule has 1 unspecified atom stereocenters. The molecule has 1 heterocycles. The molecular weight excluding hydrogens is 220 g/mol. The standard InChI is InChI=1S/C16H34N2/c1-5-16(6-2)18(13-14(3)4)11-9-15-8-7-10-17-12-15/h14-17H,5-13H2,1-4H3. The fourth-order valence-electron chi connectivity index (χ4n) is 3.22. The second-order valence-electron chi connectivity index (χ2n) is 6.36. The van der Waals surface area contributed by atoms with Gasteiger partial charge in [0.05, 0.1) is 0 Å². The van der Waals surface area contributed by atoms with Gasteiger partial charge in [0.25, 0.3) is 0 Å². The fraction of sp³-hybridized carbons (Fsp3) is 1.00. The molecule has 1 aliphatic heterocycles. The molecule has 1 aliphatic rings. The lowest BCUT2D eigenvalue weighted by molar-refractivity contribution is 0.150. The van der Waals surface area contributed by atoms with Gasteiger partial charge >= 0.3 is 0 Å². The summed E-state index contributed by atoms with van der Waals surface area (Å²) in [4.78, 5) is 2.75. The topological polar surface area (TPSA) is 15.3 Å². The number of nitrogens with one attached hydrogen (secondary N) is 1. The highest BCUT2D eigenvalue weighted by atomic mass is 15.2. The summed E-state index contributed by atoms with van der Waals surface area (Å²) in [6, 6.07) is 0.795. The van der Waals surface area contributed by atoms with E-state index in [1.54, 1.807) is 0 Å². The molecule has 0 aliphatic carbocycles. The zero-order chi connectivity index (χ0) is 13.4. The van der Waals surface area contributed by atoms with Gasteiger partial charge in [-0.3, -0.25) is 0 Å². The van der Waals surface area contributed by atoms with Crippen LogP contribution in [0.3, 0.4) is 0 Å². The number of hydrogen-bond donors (Lipinski definition) is 1. The van der Waals surface area contributed by atoms with Crippen LogP contribution in [0.2, 0.25) is 0 Å². The summed E-state index contributed by atoms with van der Waals surface area (Å²) in [6.45, 7) is 14.4. The second kappa shape index (κ2) is 8.92. The van der Waals surface area contributed by atoms with Crippen LogP contribution in [0.25, 0.3) is 0 Å². The molecule has 0 radical (unpaired) electrons. The van der Waals surface area contributed by atoms with Crippen LogP contribution in [0.15, 0.2) is 0 Å². The molecule has 0 bridgehead atoms. The summed E-state index contributed by atoms with van der Waals surface area (Å²) in [5.74, 6) is 1.71. The molecule has 1 N–H and O–H groups in total. The summed E-state index contributed by atoms with van der Waals surface area (Å²) in [6.07, 6.45) is 6.79. The number of nitrogens with zero attached hydrogens (tertiary/aromatic N) is 1. The van der Waals surface area contributed by atoms with Crippen LogP contribution in [0, 0.1) is 11.8 Å². The first-order valence-corrected chi connectivity index (χ1v) is 8.12. The number of rotatable bonds is 8. The molecule has 0 amide bonds. The van der Waals surface area contributed by atoms with Gasteiger partial charge in [-0.2, -0.15) is 0 Å². The van der Waals surface area contributed by atoms with Gasteiger partial charge in [-0.15, -0.1) is 0 Å². The molecule has 0 aromatic heterocycles. The number of piperidine rings is 1. The minimum Gasteiger partial charge on any atom is -0.316 e. The van der Waals surface area contributed by atoms with E-state index in [9.17, 15) is 0 Å². The van der Waals surface area contributed by atoms with Crippen LogP contribution in [0.4, 0.5) is 0 Å². The van der Waals surface area contributed by atoms with Crippen LogP contribution in [-0.2, 0) is 0 Å². The molecule has 2 heteroatoms. The van der Waals surface area contributed by atoms with Gasteiger partial charge < -0.3 is 10.2 Å². The highest BCUT2D eigenvalue weighted by Gasteiger charge is 2.19. The third-order valence-corrected chi connectivity index (χ3v) is 4.28. The van der Waals surface area contributed by atoms with E-state index in [1.165, 1.54) is 58.3 Å². The third-order valence-electron chi connectivity index (χ3n) is 4.28. The van der Waals surface area contributed by atoms with Gasteiger partial charge in [0, 0.05) is 12.6 Å². The minimum atomic E-state index is 0.787. The average molecular weight is 254 g/mol. The van der Waals surface area contributed by atoms with E-state index >= 15 is 0 Å². The third kappa shape index (κ3) is 5.71. The Labute approximate surface area is 115 Å². The van der Waals surface area contributed by atoms with Crippen LogP contribution in [0.5, 0.6) is 0 Å². The Hall–Kier alpha value is -0.0800. The maximum absolute atomic E-state index is 3.54. The Kier molecular flexibility index (Phi) is 7.92. The van der Waals surface area contributed by atoms with Crippen molar-refractivity contribution in [1.82, 2.24) is 10.2 Å². The van der Waals surface area contributed by atoms with Crippen LogP contribution < -0.4 is 5.32 Å². The molecular formula is C16H34N2. The van der Waals surface area contributed by atoms with Crippen molar-refractivity contribution in [2.24, 2.45) is 11.8 Å². The lowest BCUT2D eigenvalue weighted by Gasteiger charge is -2.34. The van der Waals surface area contributed by atoms with E-state index in [0.29, 0.717) is 0 Å². The average Bonchev–Trinajstić information content (AvgIpc) is 2.38. The summed E-state index contributed by atoms with van der Waals surface area (Å²) >= 11 is 0. The van der Waals surface area contributed by atoms with Gasteiger partial charge in [-0.05, 0) is 63.6 Å². The minimum absolute atomic E-state index is 0.787. The van der Waals surface area contributed by atoms with E-state index in [0.717, 1.165) is 17.9 Å². The molecule has 1 rings (SSSR count). The van der Waals surface area contributed by atoms with E-state index in [2.05, 4.69) is 37.9 Å². The van der Waals surface area contributed by atoms with Gasteiger partial charge in [-0.1, -0.05) is 27.7 Å². The second-order valence-corrected chi connectivity index (χ2v) is 6.36. The Bertz CT molecular complexity index is 193. The van der Waals surface area contributed by atoms with E-state index in [1.807, 2.05) is 0 Å². The lowest BCUT2D eigenvalue weighted by Crippen LogP contribution is -2.40. The SMILES string of the molecule is CCC(CC)N(CCC1CCCNC1)CC(C)C. The van der Waals surface area contributed by atoms with Gasteiger partial charge in [-0.25, -0.2) is 0 Å². The summed E-state index contributed by atoms with van der Waals surface area (Å²) < 4.78 is 0. The molecule has 0 aromatic carbocycles. The molecule has 1 saturated heterocycles. The summed E-state index contributed by atoms with van der Waals surface area (Å²) in [7, 11) is 0. The van der Waals surface area contributed by atoms with Crippen molar-refractivity contribution in [2.45, 2.75) is 65.8 Å². The summed E-state index contributed by atoms with van der Waals surface area (Å²) in [5.41, 5.74) is 0. The monoisotopic (exact) mass is 254 g/mol. The first-order valence-electron chi connectivity index (χ1n) is 8.12. The predicted molar refractivity (Wildman–Crippen MR) is 81.0 cm³/mol. The largest absolute Gasteiger partial charge is 0.316 e. The van der Waals surface area contributed by atoms with E-state index in [4.69, 9.17) is 0 Å². The summed E-state index contributed by atoms with van der Waals surface area (Å²) in [5, 5.41) is 3.54. The predicted octanol–water partition coefficient (Wildman–Crippen LogP) is 3.52. The molecule has 1 fully saturated rings. The zero-order valence-corrected chi connectivity index (χ0v) is 13.0. The van der Waals surface area contributed by atoms with Crippen molar-refractivity contribution in [2.75, 3.05) is 26.2 Å². The lowest BCUT2D eigenvalue weighted by atomic mass is 9.95. The van der Waals surface area contributed by atoms with E-state index < -0.39 is 0 Å². The van der Waals surface area contributed by atoms with Gasteiger partial charge in [0.2, 0.25) is 0 Å². The van der Waals surface area contributed by atoms with E-state index in [-0.39, 0.29) is 0 Å². The fourth-order valence-corrected chi connectivity index (χ4v) is 3.22. The number of hydrogen-bond acceptors (Lipinski definition) is 2. The zero-order valence-electron chi connectivity index (χ0n) is 13.0. The van der Waals surface area contributed by atoms with Crippen LogP contribution >= 0.6 is 0 Å². The van der Waals surface area contributed by atoms with Crippen molar-refractivity contribution in [1.29, 1.82) is 0 Å². The van der Waals surface area contributed by atoms with Crippen molar-refractivity contribution in [3.8, 4) is 0 Å². The maximum Gasteiger partial charge on any atom is 0.00901 e. The quantitative estimate of drug-likeness (QED) is 0.713.